The van der Waals surface area contributed by atoms with E-state index in [0.29, 0.717) is 11.3 Å². The second kappa shape index (κ2) is 8.14. The molecule has 1 heterocycles. The third-order valence-corrected chi connectivity index (χ3v) is 4.56. The molecule has 0 fully saturated rings. The Labute approximate surface area is 167 Å². The maximum atomic E-state index is 14.8. The van der Waals surface area contributed by atoms with Crippen LogP contribution in [-0.4, -0.2) is 28.7 Å². The summed E-state index contributed by atoms with van der Waals surface area (Å²) in [6.07, 6.45) is 0. The second-order valence-corrected chi connectivity index (χ2v) is 6.98. The van der Waals surface area contributed by atoms with Crippen molar-refractivity contribution >= 4 is 17.8 Å². The van der Waals surface area contributed by atoms with Gasteiger partial charge in [0.1, 0.15) is 12.4 Å². The Kier molecular flexibility index (Phi) is 5.63. The zero-order valence-electron chi connectivity index (χ0n) is 16.0. The number of hydrogen-bond donors (Lipinski definition) is 3. The van der Waals surface area contributed by atoms with Crippen molar-refractivity contribution in [2.45, 2.75) is 19.3 Å². The fourth-order valence-electron chi connectivity index (χ4n) is 2.85. The molecule has 4 N–H and O–H groups in total. The van der Waals surface area contributed by atoms with E-state index in [1.165, 1.54) is 6.07 Å². The minimum Gasteiger partial charge on any atom is -0.480 e. The van der Waals surface area contributed by atoms with E-state index in [-0.39, 0.29) is 17.7 Å². The SMILES string of the molecule is CC(C)(c1ccc(-c2ccccc2)c(F)c1)c1cc(NC(N)=NCC(=O)O)on1. The molecule has 7 nitrogen and oxygen atoms in total. The summed E-state index contributed by atoms with van der Waals surface area (Å²) >= 11 is 0. The third-order valence-electron chi connectivity index (χ3n) is 4.56. The number of aliphatic carboxylic acids is 1. The minimum atomic E-state index is -1.10. The van der Waals surface area contributed by atoms with Gasteiger partial charge in [0.2, 0.25) is 5.88 Å². The Morgan fingerprint density at radius 3 is 2.62 bits per heavy atom. The average Bonchev–Trinajstić information content (AvgIpc) is 3.16. The first-order chi connectivity index (χ1) is 13.8. The summed E-state index contributed by atoms with van der Waals surface area (Å²) in [4.78, 5) is 14.2. The van der Waals surface area contributed by atoms with Gasteiger partial charge in [-0.2, -0.15) is 0 Å². The van der Waals surface area contributed by atoms with Gasteiger partial charge in [0, 0.05) is 17.0 Å². The molecule has 0 saturated carbocycles. The first kappa shape index (κ1) is 20.1. The quantitative estimate of drug-likeness (QED) is 0.433. The van der Waals surface area contributed by atoms with Crippen molar-refractivity contribution in [1.82, 2.24) is 5.16 Å². The molecule has 150 valence electrons. The monoisotopic (exact) mass is 396 g/mol. The Morgan fingerprint density at radius 1 is 1.24 bits per heavy atom. The van der Waals surface area contributed by atoms with E-state index in [2.05, 4.69) is 15.5 Å². The van der Waals surface area contributed by atoms with Gasteiger partial charge in [-0.1, -0.05) is 61.5 Å². The van der Waals surface area contributed by atoms with Gasteiger partial charge in [-0.05, 0) is 17.2 Å². The van der Waals surface area contributed by atoms with Gasteiger partial charge in [0.25, 0.3) is 0 Å². The molecule has 0 radical (unpaired) electrons. The van der Waals surface area contributed by atoms with Crippen LogP contribution in [0.2, 0.25) is 0 Å². The molecule has 0 spiro atoms. The number of anilines is 1. The molecular weight excluding hydrogens is 375 g/mol. The second-order valence-electron chi connectivity index (χ2n) is 6.98. The van der Waals surface area contributed by atoms with Crippen LogP contribution in [0.25, 0.3) is 11.1 Å². The number of hydrogen-bond acceptors (Lipinski definition) is 4. The van der Waals surface area contributed by atoms with Gasteiger partial charge < -0.3 is 15.4 Å². The number of nitrogens with one attached hydrogen (secondary N) is 1. The van der Waals surface area contributed by atoms with Crippen LogP contribution in [0.15, 0.2) is 64.1 Å². The molecule has 0 atom stereocenters. The highest BCUT2D eigenvalue weighted by atomic mass is 19.1. The topological polar surface area (TPSA) is 114 Å². The van der Waals surface area contributed by atoms with Crippen molar-refractivity contribution in [3.05, 3.63) is 71.7 Å². The van der Waals surface area contributed by atoms with E-state index in [1.807, 2.05) is 50.2 Å². The first-order valence-corrected chi connectivity index (χ1v) is 8.89. The standard InChI is InChI=1S/C21H21FN4O3/c1-21(2,17-11-18(29-26-17)25-20(23)24-12-19(27)28)14-8-9-15(16(22)10-14)13-6-4-3-5-7-13/h3-11H,12H2,1-2H3,(H,27,28)(H3,23,24,25). The van der Waals surface area contributed by atoms with Gasteiger partial charge in [-0.15, -0.1) is 0 Å². The largest absolute Gasteiger partial charge is 0.480 e. The lowest BCUT2D eigenvalue weighted by atomic mass is 9.81. The van der Waals surface area contributed by atoms with E-state index in [9.17, 15) is 9.18 Å². The number of carboxylic acids is 1. The van der Waals surface area contributed by atoms with Gasteiger partial charge >= 0.3 is 5.97 Å². The summed E-state index contributed by atoms with van der Waals surface area (Å²) in [6.45, 7) is 3.33. The maximum absolute atomic E-state index is 14.8. The highest BCUT2D eigenvalue weighted by molar-refractivity contribution is 5.92. The van der Waals surface area contributed by atoms with Crippen molar-refractivity contribution in [2.24, 2.45) is 10.7 Å². The van der Waals surface area contributed by atoms with E-state index in [0.717, 1.165) is 11.1 Å². The molecule has 0 aliphatic rings. The lowest BCUT2D eigenvalue weighted by Crippen LogP contribution is -2.23. The molecular formula is C21H21FN4O3. The molecule has 2 aromatic carbocycles. The normalized spacial score (nSPS) is 12.0. The minimum absolute atomic E-state index is 0.105. The number of benzene rings is 2. The Bertz CT molecular complexity index is 1050. The molecule has 3 rings (SSSR count). The van der Waals surface area contributed by atoms with Crippen LogP contribution >= 0.6 is 0 Å². The molecule has 0 aliphatic carbocycles. The molecule has 3 aromatic rings. The fraction of sp³-hybridized carbons (Fsp3) is 0.190. The molecule has 0 bridgehead atoms. The number of rotatable bonds is 6. The number of nitrogens with two attached hydrogens (primary N) is 1. The first-order valence-electron chi connectivity index (χ1n) is 8.89. The Morgan fingerprint density at radius 2 is 1.97 bits per heavy atom. The maximum Gasteiger partial charge on any atom is 0.325 e. The van der Waals surface area contributed by atoms with Crippen LogP contribution in [0.5, 0.6) is 0 Å². The number of aliphatic imine (C=N–C) groups is 1. The number of nitrogens with zero attached hydrogens (tertiary/aromatic N) is 2. The van der Waals surface area contributed by atoms with Crippen LogP contribution in [0.4, 0.5) is 10.3 Å². The summed E-state index contributed by atoms with van der Waals surface area (Å²) in [5.41, 5.74) is 7.57. The van der Waals surface area contributed by atoms with E-state index >= 15 is 0 Å². The number of halogens is 1. The van der Waals surface area contributed by atoms with Crippen LogP contribution in [-0.2, 0) is 10.2 Å². The number of guanidine groups is 1. The van der Waals surface area contributed by atoms with Crippen molar-refractivity contribution < 1.29 is 18.8 Å². The van der Waals surface area contributed by atoms with Gasteiger partial charge in [0.15, 0.2) is 5.96 Å². The van der Waals surface area contributed by atoms with E-state index in [1.54, 1.807) is 12.1 Å². The summed E-state index contributed by atoms with van der Waals surface area (Å²) in [7, 11) is 0. The molecule has 0 saturated heterocycles. The van der Waals surface area contributed by atoms with Crippen molar-refractivity contribution in [3.8, 4) is 11.1 Å². The third kappa shape index (κ3) is 4.60. The summed E-state index contributed by atoms with van der Waals surface area (Å²) in [5.74, 6) is -1.32. The van der Waals surface area contributed by atoms with Gasteiger partial charge in [-0.25, -0.2) is 9.38 Å². The average molecular weight is 396 g/mol. The zero-order valence-corrected chi connectivity index (χ0v) is 16.0. The Hall–Kier alpha value is -3.68. The molecule has 29 heavy (non-hydrogen) atoms. The highest BCUT2D eigenvalue weighted by Gasteiger charge is 2.28. The zero-order chi connectivity index (χ0) is 21.0. The smallest absolute Gasteiger partial charge is 0.325 e. The molecule has 0 amide bonds. The van der Waals surface area contributed by atoms with Crippen LogP contribution in [0.3, 0.4) is 0 Å². The molecule has 0 aliphatic heterocycles. The number of aromatic nitrogens is 1. The number of carboxylic acid groups (broad SMARTS) is 1. The highest BCUT2D eigenvalue weighted by Crippen LogP contribution is 2.34. The van der Waals surface area contributed by atoms with Crippen LogP contribution < -0.4 is 11.1 Å². The molecule has 1 aromatic heterocycles. The summed E-state index contributed by atoms with van der Waals surface area (Å²) in [6, 6.07) is 16.0. The predicted octanol–water partition coefficient (Wildman–Crippen LogP) is 3.62. The lowest BCUT2D eigenvalue weighted by Gasteiger charge is -2.23. The summed E-state index contributed by atoms with van der Waals surface area (Å²) < 4.78 is 20.0. The molecule has 8 heteroatoms. The van der Waals surface area contributed by atoms with Crippen LogP contribution in [0, 0.1) is 5.82 Å². The fourth-order valence-corrected chi connectivity index (χ4v) is 2.85. The predicted molar refractivity (Wildman–Crippen MR) is 108 cm³/mol. The Balaban J connectivity index is 1.82. The van der Waals surface area contributed by atoms with E-state index in [4.69, 9.17) is 15.4 Å². The van der Waals surface area contributed by atoms with Crippen molar-refractivity contribution in [3.63, 3.8) is 0 Å². The van der Waals surface area contributed by atoms with Crippen molar-refractivity contribution in [1.29, 1.82) is 0 Å². The summed E-state index contributed by atoms with van der Waals surface area (Å²) in [5, 5.41) is 15.3. The van der Waals surface area contributed by atoms with Gasteiger partial charge in [0.05, 0.1) is 5.69 Å². The van der Waals surface area contributed by atoms with E-state index < -0.39 is 17.9 Å². The van der Waals surface area contributed by atoms with Crippen LogP contribution in [0.1, 0.15) is 25.1 Å². The van der Waals surface area contributed by atoms with Crippen molar-refractivity contribution in [2.75, 3.05) is 11.9 Å². The lowest BCUT2D eigenvalue weighted by molar-refractivity contribution is -0.135. The molecule has 0 unspecified atom stereocenters. The van der Waals surface area contributed by atoms with Gasteiger partial charge in [-0.3, -0.25) is 10.1 Å². The number of carbonyl (C=O) groups is 1.